The fourth-order valence-corrected chi connectivity index (χ4v) is 4.47. The molecular formula is C32H20F6N2O2. The van der Waals surface area contributed by atoms with Crippen LogP contribution in [0.15, 0.2) is 78.9 Å². The minimum Gasteiger partial charge on any atom is -0.462 e. The van der Waals surface area contributed by atoms with E-state index in [0.29, 0.717) is 34.4 Å². The Hall–Kier alpha value is -5.04. The summed E-state index contributed by atoms with van der Waals surface area (Å²) in [6, 6.07) is 17.6. The molecule has 0 N–H and O–H groups in total. The molecule has 5 aromatic rings. The first-order chi connectivity index (χ1) is 20.0. The largest absolute Gasteiger partial charge is 0.462 e. The first-order valence-electron chi connectivity index (χ1n) is 12.6. The summed E-state index contributed by atoms with van der Waals surface area (Å²) in [6.45, 7) is 1.35. The van der Waals surface area contributed by atoms with Gasteiger partial charge in [-0.05, 0) is 43.3 Å². The number of esters is 1. The highest BCUT2D eigenvalue weighted by atomic mass is 19.4. The zero-order valence-electron chi connectivity index (χ0n) is 21.9. The van der Waals surface area contributed by atoms with Gasteiger partial charge in [-0.1, -0.05) is 42.2 Å². The van der Waals surface area contributed by atoms with Gasteiger partial charge in [0.2, 0.25) is 0 Å². The molecule has 4 nitrogen and oxygen atoms in total. The number of ether oxygens (including phenoxy) is 1. The molecule has 212 valence electrons. The molecule has 1 heterocycles. The van der Waals surface area contributed by atoms with Crippen molar-refractivity contribution >= 4 is 16.9 Å². The Morgan fingerprint density at radius 2 is 1.55 bits per heavy atom. The number of halogens is 6. The lowest BCUT2D eigenvalue weighted by Crippen LogP contribution is -2.09. The van der Waals surface area contributed by atoms with Gasteiger partial charge in [-0.25, -0.2) is 18.0 Å². The predicted molar refractivity (Wildman–Crippen MR) is 144 cm³/mol. The van der Waals surface area contributed by atoms with Gasteiger partial charge in [0.25, 0.3) is 0 Å². The van der Waals surface area contributed by atoms with Crippen LogP contribution in [0.2, 0.25) is 0 Å². The van der Waals surface area contributed by atoms with E-state index in [4.69, 9.17) is 4.74 Å². The summed E-state index contributed by atoms with van der Waals surface area (Å²) in [5, 5.41) is 4.21. The highest BCUT2D eigenvalue weighted by Gasteiger charge is 2.34. The first kappa shape index (κ1) is 28.5. The number of carbonyl (C=O) groups is 1. The van der Waals surface area contributed by atoms with E-state index in [1.165, 1.54) is 12.1 Å². The molecule has 10 heteroatoms. The maximum absolute atomic E-state index is 14.5. The topological polar surface area (TPSA) is 44.1 Å². The van der Waals surface area contributed by atoms with Gasteiger partial charge in [-0.3, -0.25) is 4.68 Å². The predicted octanol–water partition coefficient (Wildman–Crippen LogP) is 7.76. The molecule has 0 amide bonds. The van der Waals surface area contributed by atoms with Crippen LogP contribution < -0.4 is 0 Å². The number of fused-ring (bicyclic) bond motifs is 1. The summed E-state index contributed by atoms with van der Waals surface area (Å²) >= 11 is 0. The second-order valence-corrected chi connectivity index (χ2v) is 9.18. The Labute approximate surface area is 236 Å². The van der Waals surface area contributed by atoms with E-state index in [0.717, 1.165) is 10.7 Å². The van der Waals surface area contributed by atoms with Crippen LogP contribution in [-0.4, -0.2) is 22.4 Å². The van der Waals surface area contributed by atoms with E-state index in [9.17, 15) is 31.1 Å². The summed E-state index contributed by atoms with van der Waals surface area (Å²) in [7, 11) is 0. The zero-order chi connectivity index (χ0) is 30.0. The highest BCUT2D eigenvalue weighted by molar-refractivity contribution is 5.95. The molecule has 1 aromatic heterocycles. The average Bonchev–Trinajstić information content (AvgIpc) is 3.32. The van der Waals surface area contributed by atoms with Crippen LogP contribution >= 0.6 is 0 Å². The molecule has 5 rings (SSSR count). The van der Waals surface area contributed by atoms with Gasteiger partial charge in [0, 0.05) is 39.8 Å². The Balaban J connectivity index is 1.56. The summed E-state index contributed by atoms with van der Waals surface area (Å²) in [5.41, 5.74) is 0.119. The second kappa shape index (κ2) is 11.4. The van der Waals surface area contributed by atoms with Crippen molar-refractivity contribution in [3.63, 3.8) is 0 Å². The van der Waals surface area contributed by atoms with Gasteiger partial charge in [-0.15, -0.1) is 0 Å². The maximum atomic E-state index is 14.5. The fourth-order valence-electron chi connectivity index (χ4n) is 4.47. The summed E-state index contributed by atoms with van der Waals surface area (Å²) in [5.74, 6) is 1.95. The molecule has 0 aliphatic rings. The van der Waals surface area contributed by atoms with Crippen molar-refractivity contribution in [2.45, 2.75) is 19.6 Å². The number of alkyl halides is 3. The molecular weight excluding hydrogens is 558 g/mol. The van der Waals surface area contributed by atoms with Crippen LogP contribution in [0, 0.1) is 29.3 Å². The van der Waals surface area contributed by atoms with Gasteiger partial charge in [0.1, 0.15) is 23.0 Å². The molecule has 4 aromatic carbocycles. The van der Waals surface area contributed by atoms with E-state index in [2.05, 4.69) is 16.9 Å². The van der Waals surface area contributed by atoms with Gasteiger partial charge >= 0.3 is 12.1 Å². The molecule has 0 unspecified atom stereocenters. The molecule has 0 spiro atoms. The summed E-state index contributed by atoms with van der Waals surface area (Å²) in [6.07, 6.45) is -4.73. The van der Waals surface area contributed by atoms with Crippen LogP contribution in [0.3, 0.4) is 0 Å². The molecule has 0 bridgehead atoms. The van der Waals surface area contributed by atoms with Crippen molar-refractivity contribution in [3.8, 4) is 23.1 Å². The Kier molecular flexibility index (Phi) is 7.77. The standard InChI is InChI=1S/C32H20F6N2O2/c1-2-42-31(41)22-6-3-5-20(15-22)10-9-19-11-13-21(14-12-19)30-24-7-4-8-26(32(36,37)38)29(24)39-40(30)18-25-27(34)16-23(33)17-28(25)35/h3-8,11-17H,2,18H2,1H3. The monoisotopic (exact) mass is 578 g/mol. The Morgan fingerprint density at radius 3 is 2.21 bits per heavy atom. The third-order valence-corrected chi connectivity index (χ3v) is 6.37. The van der Waals surface area contributed by atoms with Gasteiger partial charge < -0.3 is 4.74 Å². The van der Waals surface area contributed by atoms with Crippen LogP contribution in [0.1, 0.15) is 39.5 Å². The molecule has 0 atom stereocenters. The minimum atomic E-state index is -4.73. The van der Waals surface area contributed by atoms with E-state index in [1.54, 1.807) is 55.5 Å². The van der Waals surface area contributed by atoms with Crippen molar-refractivity contribution in [2.75, 3.05) is 6.61 Å². The van der Waals surface area contributed by atoms with Gasteiger partial charge in [-0.2, -0.15) is 18.3 Å². The summed E-state index contributed by atoms with van der Waals surface area (Å²) in [4.78, 5) is 12.0. The lowest BCUT2D eigenvalue weighted by Gasteiger charge is -2.10. The van der Waals surface area contributed by atoms with Crippen molar-refractivity contribution in [3.05, 3.63) is 124 Å². The fraction of sp³-hybridized carbons (Fsp3) is 0.125. The summed E-state index contributed by atoms with van der Waals surface area (Å²) < 4.78 is 89.9. The van der Waals surface area contributed by atoms with Crippen LogP contribution in [0.4, 0.5) is 26.3 Å². The SMILES string of the molecule is CCOC(=O)c1cccc(C#Cc2ccc(-c3c4cccc(C(F)(F)F)c4nn3Cc3c(F)cc(F)cc3F)cc2)c1. The Morgan fingerprint density at radius 1 is 0.881 bits per heavy atom. The average molecular weight is 579 g/mol. The second-order valence-electron chi connectivity index (χ2n) is 9.18. The van der Waals surface area contributed by atoms with Crippen molar-refractivity contribution < 1.29 is 35.9 Å². The number of carbonyl (C=O) groups excluding carboxylic acids is 1. The van der Waals surface area contributed by atoms with Crippen molar-refractivity contribution in [1.82, 2.24) is 9.78 Å². The van der Waals surface area contributed by atoms with Crippen LogP contribution in [0.25, 0.3) is 22.2 Å². The quantitative estimate of drug-likeness (QED) is 0.122. The molecule has 0 aliphatic carbocycles. The van der Waals surface area contributed by atoms with Gasteiger partial charge in [0.15, 0.2) is 0 Å². The third kappa shape index (κ3) is 5.86. The van der Waals surface area contributed by atoms with Gasteiger partial charge in [0.05, 0.1) is 30.0 Å². The number of hydrogen-bond donors (Lipinski definition) is 0. The van der Waals surface area contributed by atoms with Crippen molar-refractivity contribution in [1.29, 1.82) is 0 Å². The number of benzene rings is 4. The number of aromatic nitrogens is 2. The first-order valence-corrected chi connectivity index (χ1v) is 12.6. The van der Waals surface area contributed by atoms with E-state index in [-0.39, 0.29) is 17.7 Å². The number of rotatable bonds is 5. The third-order valence-electron chi connectivity index (χ3n) is 6.37. The normalized spacial score (nSPS) is 11.3. The molecule has 0 radical (unpaired) electrons. The molecule has 0 aliphatic heterocycles. The molecule has 0 saturated heterocycles. The lowest BCUT2D eigenvalue weighted by molar-refractivity contribution is -0.136. The van der Waals surface area contributed by atoms with Crippen molar-refractivity contribution in [2.24, 2.45) is 0 Å². The smallest absolute Gasteiger partial charge is 0.418 e. The van der Waals surface area contributed by atoms with E-state index in [1.807, 2.05) is 0 Å². The van der Waals surface area contributed by atoms with Crippen LogP contribution in [0.5, 0.6) is 0 Å². The maximum Gasteiger partial charge on any atom is 0.418 e. The number of nitrogens with zero attached hydrogens (tertiary/aromatic N) is 2. The zero-order valence-corrected chi connectivity index (χ0v) is 21.9. The minimum absolute atomic E-state index is 0.113. The van der Waals surface area contributed by atoms with Crippen LogP contribution in [-0.2, 0) is 17.5 Å². The van der Waals surface area contributed by atoms with E-state index < -0.39 is 52.8 Å². The number of hydrogen-bond acceptors (Lipinski definition) is 3. The van der Waals surface area contributed by atoms with E-state index >= 15 is 0 Å². The molecule has 0 fully saturated rings. The Bertz CT molecular complexity index is 1840. The molecule has 0 saturated carbocycles. The lowest BCUT2D eigenvalue weighted by atomic mass is 10.0. The molecule has 42 heavy (non-hydrogen) atoms. The highest BCUT2D eigenvalue weighted by Crippen LogP contribution is 2.38.